The molecule has 2 heteroatoms. The van der Waals surface area contributed by atoms with Gasteiger partial charge in [0, 0.05) is 10.3 Å². The second-order valence-electron chi connectivity index (χ2n) is 4.12. The van der Waals surface area contributed by atoms with E-state index in [0.29, 0.717) is 0 Å². The van der Waals surface area contributed by atoms with Crippen LogP contribution in [0, 0.1) is 11.8 Å². The van der Waals surface area contributed by atoms with Crippen LogP contribution in [-0.2, 0) is 0 Å². The van der Waals surface area contributed by atoms with E-state index in [0.717, 1.165) is 5.56 Å². The zero-order valence-corrected chi connectivity index (χ0v) is 9.69. The summed E-state index contributed by atoms with van der Waals surface area (Å²) in [7, 11) is 0. The predicted molar refractivity (Wildman–Crippen MR) is 67.0 cm³/mol. The summed E-state index contributed by atoms with van der Waals surface area (Å²) in [4.78, 5) is 0. The number of thiophene rings is 1. The highest BCUT2D eigenvalue weighted by Crippen LogP contribution is 2.23. The van der Waals surface area contributed by atoms with Gasteiger partial charge in [-0.1, -0.05) is 24.0 Å². The molecule has 0 aliphatic heterocycles. The van der Waals surface area contributed by atoms with Crippen LogP contribution < -0.4 is 5.73 Å². The third kappa shape index (κ3) is 2.38. The van der Waals surface area contributed by atoms with E-state index >= 15 is 0 Å². The van der Waals surface area contributed by atoms with E-state index in [1.165, 1.54) is 10.1 Å². The largest absolute Gasteiger partial charge is 0.316 e. The van der Waals surface area contributed by atoms with Crippen LogP contribution >= 0.6 is 11.3 Å². The maximum absolute atomic E-state index is 5.83. The van der Waals surface area contributed by atoms with Gasteiger partial charge in [-0.05, 0) is 36.7 Å². The average Bonchev–Trinajstić information content (AvgIpc) is 2.61. The summed E-state index contributed by atoms with van der Waals surface area (Å²) in [6.45, 7) is 3.82. The minimum atomic E-state index is -0.431. The lowest BCUT2D eigenvalue weighted by atomic mass is 10.1. The first-order valence-corrected chi connectivity index (χ1v) is 5.72. The lowest BCUT2D eigenvalue weighted by Crippen LogP contribution is -2.29. The fraction of sp³-hybridized carbons (Fsp3) is 0.231. The van der Waals surface area contributed by atoms with Gasteiger partial charge in [-0.25, -0.2) is 0 Å². The van der Waals surface area contributed by atoms with Crippen LogP contribution in [0.4, 0.5) is 0 Å². The third-order valence-corrected chi connectivity index (χ3v) is 2.96. The van der Waals surface area contributed by atoms with Gasteiger partial charge in [-0.3, -0.25) is 0 Å². The minimum Gasteiger partial charge on any atom is -0.316 e. The van der Waals surface area contributed by atoms with E-state index in [2.05, 4.69) is 29.4 Å². The standard InChI is InChI=1S/C13H13NS/c1-13(2,14)8-6-10-4-3-5-11-7-9-15-12(10)11/h3-5,7,9H,14H2,1-2H3. The van der Waals surface area contributed by atoms with Crippen molar-refractivity contribution in [3.05, 3.63) is 35.2 Å². The Balaban J connectivity index is 2.51. The molecule has 0 radical (unpaired) electrons. The van der Waals surface area contributed by atoms with E-state index < -0.39 is 5.54 Å². The highest BCUT2D eigenvalue weighted by atomic mass is 32.1. The van der Waals surface area contributed by atoms with Crippen LogP contribution in [0.1, 0.15) is 19.4 Å². The summed E-state index contributed by atoms with van der Waals surface area (Å²) in [5, 5.41) is 3.34. The Hall–Kier alpha value is -1.30. The molecule has 0 saturated carbocycles. The van der Waals surface area contributed by atoms with Crippen molar-refractivity contribution in [2.75, 3.05) is 0 Å². The molecule has 2 rings (SSSR count). The van der Waals surface area contributed by atoms with Crippen molar-refractivity contribution in [3.8, 4) is 11.8 Å². The Morgan fingerprint density at radius 2 is 2.07 bits per heavy atom. The van der Waals surface area contributed by atoms with Crippen molar-refractivity contribution >= 4 is 21.4 Å². The Morgan fingerprint density at radius 1 is 1.27 bits per heavy atom. The van der Waals surface area contributed by atoms with Gasteiger partial charge in [-0.2, -0.15) is 0 Å². The number of benzene rings is 1. The fourth-order valence-electron chi connectivity index (χ4n) is 1.32. The molecule has 0 saturated heterocycles. The van der Waals surface area contributed by atoms with Crippen LogP contribution in [0.25, 0.3) is 10.1 Å². The molecule has 76 valence electrons. The Labute approximate surface area is 93.9 Å². The normalized spacial score (nSPS) is 11.1. The number of nitrogens with two attached hydrogens (primary N) is 1. The van der Waals surface area contributed by atoms with Crippen molar-refractivity contribution in [1.29, 1.82) is 0 Å². The number of rotatable bonds is 0. The smallest absolute Gasteiger partial charge is 0.0722 e. The van der Waals surface area contributed by atoms with Crippen LogP contribution in [0.2, 0.25) is 0 Å². The molecule has 0 unspecified atom stereocenters. The van der Waals surface area contributed by atoms with Crippen LogP contribution in [0.15, 0.2) is 29.6 Å². The van der Waals surface area contributed by atoms with E-state index in [1.807, 2.05) is 26.0 Å². The molecule has 2 aromatic rings. The molecule has 1 aromatic carbocycles. The van der Waals surface area contributed by atoms with Gasteiger partial charge in [0.1, 0.15) is 0 Å². The zero-order chi connectivity index (χ0) is 10.9. The lowest BCUT2D eigenvalue weighted by molar-refractivity contribution is 0.680. The first kappa shape index (κ1) is 10.2. The first-order valence-electron chi connectivity index (χ1n) is 4.84. The molecule has 15 heavy (non-hydrogen) atoms. The van der Waals surface area contributed by atoms with Crippen LogP contribution in [0.3, 0.4) is 0 Å². The topological polar surface area (TPSA) is 26.0 Å². The molecule has 0 aliphatic rings. The Bertz CT molecular complexity index is 535. The molecule has 0 spiro atoms. The molecular formula is C13H13NS. The van der Waals surface area contributed by atoms with Crippen LogP contribution in [0.5, 0.6) is 0 Å². The number of fused-ring (bicyclic) bond motifs is 1. The molecule has 0 amide bonds. The van der Waals surface area contributed by atoms with Gasteiger partial charge in [0.15, 0.2) is 0 Å². The average molecular weight is 215 g/mol. The van der Waals surface area contributed by atoms with Gasteiger partial charge >= 0.3 is 0 Å². The lowest BCUT2D eigenvalue weighted by Gasteiger charge is -2.07. The van der Waals surface area contributed by atoms with Crippen molar-refractivity contribution < 1.29 is 0 Å². The number of hydrogen-bond donors (Lipinski definition) is 1. The highest BCUT2D eigenvalue weighted by molar-refractivity contribution is 7.17. The summed E-state index contributed by atoms with van der Waals surface area (Å²) in [6, 6.07) is 8.28. The van der Waals surface area contributed by atoms with Crippen molar-refractivity contribution in [1.82, 2.24) is 0 Å². The summed E-state index contributed by atoms with van der Waals surface area (Å²) >= 11 is 1.72. The molecule has 0 bridgehead atoms. The molecule has 1 aromatic heterocycles. The quantitative estimate of drug-likeness (QED) is 0.672. The Kier molecular flexibility index (Phi) is 2.52. The number of hydrogen-bond acceptors (Lipinski definition) is 2. The third-order valence-electron chi connectivity index (χ3n) is 2.00. The fourth-order valence-corrected chi connectivity index (χ4v) is 2.19. The maximum Gasteiger partial charge on any atom is 0.0722 e. The summed E-state index contributed by atoms with van der Waals surface area (Å²) in [6.07, 6.45) is 0. The molecule has 0 atom stereocenters. The van der Waals surface area contributed by atoms with Crippen molar-refractivity contribution in [3.63, 3.8) is 0 Å². The molecule has 1 heterocycles. The second kappa shape index (κ2) is 3.69. The van der Waals surface area contributed by atoms with Crippen molar-refractivity contribution in [2.24, 2.45) is 5.73 Å². The van der Waals surface area contributed by atoms with E-state index in [4.69, 9.17) is 5.73 Å². The van der Waals surface area contributed by atoms with Gasteiger partial charge in [0.05, 0.1) is 5.54 Å². The summed E-state index contributed by atoms with van der Waals surface area (Å²) in [5.74, 6) is 6.20. The molecule has 2 N–H and O–H groups in total. The highest BCUT2D eigenvalue weighted by Gasteiger charge is 2.04. The SMILES string of the molecule is CC(C)(N)C#Cc1cccc2ccsc12. The molecule has 0 aliphatic carbocycles. The first-order chi connectivity index (χ1) is 7.06. The van der Waals surface area contributed by atoms with Gasteiger partial charge < -0.3 is 5.73 Å². The second-order valence-corrected chi connectivity index (χ2v) is 5.03. The predicted octanol–water partition coefficient (Wildman–Crippen LogP) is 2.99. The van der Waals surface area contributed by atoms with Gasteiger partial charge in [-0.15, -0.1) is 11.3 Å². The van der Waals surface area contributed by atoms with Crippen molar-refractivity contribution in [2.45, 2.75) is 19.4 Å². The van der Waals surface area contributed by atoms with Gasteiger partial charge in [0.2, 0.25) is 0 Å². The maximum atomic E-state index is 5.83. The molecule has 0 fully saturated rings. The minimum absolute atomic E-state index is 0.431. The van der Waals surface area contributed by atoms with Gasteiger partial charge in [0.25, 0.3) is 0 Å². The summed E-state index contributed by atoms with van der Waals surface area (Å²) < 4.78 is 1.24. The van der Waals surface area contributed by atoms with E-state index in [1.54, 1.807) is 11.3 Å². The monoisotopic (exact) mass is 215 g/mol. The Morgan fingerprint density at radius 3 is 2.80 bits per heavy atom. The molecule has 1 nitrogen and oxygen atoms in total. The van der Waals surface area contributed by atoms with E-state index in [-0.39, 0.29) is 0 Å². The van der Waals surface area contributed by atoms with Crippen LogP contribution in [-0.4, -0.2) is 5.54 Å². The summed E-state index contributed by atoms with van der Waals surface area (Å²) in [5.41, 5.74) is 6.47. The zero-order valence-electron chi connectivity index (χ0n) is 8.87. The van der Waals surface area contributed by atoms with E-state index in [9.17, 15) is 0 Å². The molecular weight excluding hydrogens is 202 g/mol.